The summed E-state index contributed by atoms with van der Waals surface area (Å²) in [6.45, 7) is 11.6. The molecule has 2 heterocycles. The fourth-order valence-electron chi connectivity index (χ4n) is 6.83. The maximum atomic E-state index is 14.5. The van der Waals surface area contributed by atoms with Gasteiger partial charge in [-0.2, -0.15) is 0 Å². The predicted octanol–water partition coefficient (Wildman–Crippen LogP) is 1.70. The van der Waals surface area contributed by atoms with Crippen LogP contribution in [0.4, 0.5) is 0 Å². The normalized spacial score (nSPS) is 23.9. The Labute approximate surface area is 277 Å². The molecule has 13 heteroatoms. The summed E-state index contributed by atoms with van der Waals surface area (Å²) >= 11 is 0. The van der Waals surface area contributed by atoms with Crippen LogP contribution in [0.5, 0.6) is 0 Å². The van der Waals surface area contributed by atoms with Gasteiger partial charge in [-0.1, -0.05) is 60.8 Å². The quantitative estimate of drug-likeness (QED) is 0.201. The van der Waals surface area contributed by atoms with Gasteiger partial charge < -0.3 is 31.3 Å². The second-order valence-electron chi connectivity index (χ2n) is 14.7. The van der Waals surface area contributed by atoms with E-state index in [1.54, 1.807) is 4.90 Å². The number of carbonyl (C=O) groups excluding carboxylic acids is 5. The molecular formula is C34H53N7O6. The zero-order valence-electron chi connectivity index (χ0n) is 28.6. The largest absolute Gasteiger partial charge is 0.381 e. The summed E-state index contributed by atoms with van der Waals surface area (Å²) in [5.41, 5.74) is -0.659. The Hall–Kier alpha value is -3.61. The van der Waals surface area contributed by atoms with E-state index in [1.165, 1.54) is 18.6 Å². The van der Waals surface area contributed by atoms with E-state index >= 15 is 0 Å². The van der Waals surface area contributed by atoms with E-state index in [2.05, 4.69) is 31.2 Å². The second kappa shape index (κ2) is 15.5. The third-order valence-corrected chi connectivity index (χ3v) is 9.92. The number of aliphatic hydroxyl groups is 1. The Morgan fingerprint density at radius 3 is 2.32 bits per heavy atom. The lowest BCUT2D eigenvalue weighted by atomic mass is 9.84. The maximum absolute atomic E-state index is 14.5. The minimum absolute atomic E-state index is 0.0610. The molecule has 0 radical (unpaired) electrons. The van der Waals surface area contributed by atoms with Gasteiger partial charge in [0.2, 0.25) is 17.7 Å². The van der Waals surface area contributed by atoms with Crippen LogP contribution in [-0.4, -0.2) is 92.4 Å². The average molecular weight is 656 g/mol. The summed E-state index contributed by atoms with van der Waals surface area (Å²) < 4.78 is 0. The van der Waals surface area contributed by atoms with Crippen molar-refractivity contribution in [1.82, 2.24) is 36.1 Å². The maximum Gasteiger partial charge on any atom is 0.272 e. The van der Waals surface area contributed by atoms with E-state index in [4.69, 9.17) is 0 Å². The topological polar surface area (TPSA) is 183 Å². The van der Waals surface area contributed by atoms with Crippen LogP contribution in [0.1, 0.15) is 103 Å². The molecule has 4 rings (SSSR count). The molecule has 5 N–H and O–H groups in total. The van der Waals surface area contributed by atoms with Crippen molar-refractivity contribution in [3.63, 3.8) is 0 Å². The van der Waals surface area contributed by atoms with Crippen LogP contribution < -0.4 is 21.3 Å². The molecular weight excluding hydrogens is 602 g/mol. The highest BCUT2D eigenvalue weighted by Crippen LogP contribution is 2.43. The van der Waals surface area contributed by atoms with Gasteiger partial charge in [-0.15, -0.1) is 0 Å². The van der Waals surface area contributed by atoms with E-state index in [-0.39, 0.29) is 35.4 Å². The molecule has 1 aromatic rings. The molecule has 8 atom stereocenters. The Morgan fingerprint density at radius 2 is 1.72 bits per heavy atom. The Morgan fingerprint density at radius 1 is 1.00 bits per heavy atom. The van der Waals surface area contributed by atoms with Gasteiger partial charge in [0.25, 0.3) is 11.8 Å². The molecule has 3 fully saturated rings. The molecule has 5 amide bonds. The third-order valence-electron chi connectivity index (χ3n) is 9.92. The van der Waals surface area contributed by atoms with Crippen LogP contribution in [0.3, 0.4) is 0 Å². The molecule has 0 spiro atoms. The zero-order valence-corrected chi connectivity index (χ0v) is 28.6. The molecule has 2 aliphatic carbocycles. The summed E-state index contributed by atoms with van der Waals surface area (Å²) in [6, 6.07) is -3.46. The van der Waals surface area contributed by atoms with E-state index in [0.29, 0.717) is 25.8 Å². The van der Waals surface area contributed by atoms with Gasteiger partial charge in [0.1, 0.15) is 23.8 Å². The minimum Gasteiger partial charge on any atom is -0.381 e. The number of hydrogen-bond acceptors (Lipinski definition) is 8. The number of aliphatic hydroxyl groups excluding tert-OH is 1. The van der Waals surface area contributed by atoms with E-state index in [1.807, 2.05) is 41.5 Å². The average Bonchev–Trinajstić information content (AvgIpc) is 3.61. The lowest BCUT2D eigenvalue weighted by Crippen LogP contribution is -2.62. The van der Waals surface area contributed by atoms with Crippen molar-refractivity contribution in [3.05, 3.63) is 24.3 Å². The molecule has 0 bridgehead atoms. The van der Waals surface area contributed by atoms with Crippen LogP contribution in [0.2, 0.25) is 0 Å². The molecule has 1 aromatic heterocycles. The van der Waals surface area contributed by atoms with Gasteiger partial charge in [-0.25, -0.2) is 4.98 Å². The molecule has 47 heavy (non-hydrogen) atoms. The predicted molar refractivity (Wildman–Crippen MR) is 174 cm³/mol. The van der Waals surface area contributed by atoms with E-state index < -0.39 is 59.3 Å². The number of rotatable bonds is 14. The van der Waals surface area contributed by atoms with Gasteiger partial charge in [0.15, 0.2) is 6.10 Å². The van der Waals surface area contributed by atoms with Gasteiger partial charge in [-0.3, -0.25) is 29.0 Å². The lowest BCUT2D eigenvalue weighted by Gasteiger charge is -2.38. The molecule has 3 aliphatic rings. The van der Waals surface area contributed by atoms with Crippen molar-refractivity contribution >= 4 is 29.5 Å². The van der Waals surface area contributed by atoms with Crippen molar-refractivity contribution in [2.45, 2.75) is 129 Å². The number of aromatic nitrogens is 2. The number of nitrogens with one attached hydrogen (secondary N) is 4. The number of amides is 5. The van der Waals surface area contributed by atoms with Crippen molar-refractivity contribution in [2.24, 2.45) is 23.2 Å². The monoisotopic (exact) mass is 655 g/mol. The summed E-state index contributed by atoms with van der Waals surface area (Å²) in [4.78, 5) is 77.6. The van der Waals surface area contributed by atoms with Crippen molar-refractivity contribution in [3.8, 4) is 0 Å². The molecule has 260 valence electrons. The number of nitrogens with zero attached hydrogens (tertiary/aromatic N) is 3. The number of hydrogen-bond donors (Lipinski definition) is 5. The van der Waals surface area contributed by atoms with Crippen molar-refractivity contribution in [2.75, 3.05) is 6.54 Å². The Kier molecular flexibility index (Phi) is 12.0. The first-order valence-electron chi connectivity index (χ1n) is 17.2. The Bertz CT molecular complexity index is 1280. The highest BCUT2D eigenvalue weighted by atomic mass is 16.3. The standard InChI is InChI=1S/C34H53N7O6/c1-7-10-23(27(42)32(46)37-21-13-14-21)38-31(45)26-22-12-9-11-20(22)18-41(26)33(47)28(34(4,5)6)40-30(44)25(19(3)8-2)39-29(43)24-17-35-15-16-36-24/h15-17,19-23,25-28,42H,7-14,18H2,1-6H3,(H,37,46)(H,38,45)(H,39,43)(H,40,44)/t19?,20-,22-,23?,25-,26-,27?,28+/m0/s1. The van der Waals surface area contributed by atoms with E-state index in [9.17, 15) is 29.1 Å². The molecule has 0 aromatic carbocycles. The van der Waals surface area contributed by atoms with Crippen molar-refractivity contribution < 1.29 is 29.1 Å². The van der Waals surface area contributed by atoms with E-state index in [0.717, 1.165) is 32.1 Å². The highest BCUT2D eigenvalue weighted by molar-refractivity contribution is 5.98. The minimum atomic E-state index is -1.40. The van der Waals surface area contributed by atoms with Gasteiger partial charge in [-0.05, 0) is 55.3 Å². The highest BCUT2D eigenvalue weighted by Gasteiger charge is 2.52. The fourth-order valence-corrected chi connectivity index (χ4v) is 6.83. The second-order valence-corrected chi connectivity index (χ2v) is 14.7. The molecule has 2 saturated carbocycles. The van der Waals surface area contributed by atoms with Crippen LogP contribution in [0, 0.1) is 23.2 Å². The van der Waals surface area contributed by atoms with Crippen LogP contribution in [0.15, 0.2) is 18.6 Å². The fraction of sp³-hybridized carbons (Fsp3) is 0.735. The summed E-state index contributed by atoms with van der Waals surface area (Å²) in [5, 5.41) is 22.4. The van der Waals surface area contributed by atoms with Crippen molar-refractivity contribution in [1.29, 1.82) is 0 Å². The summed E-state index contributed by atoms with van der Waals surface area (Å²) in [5.74, 6) is -2.49. The first kappa shape index (κ1) is 36.2. The van der Waals surface area contributed by atoms with Crippen LogP contribution >= 0.6 is 0 Å². The third kappa shape index (κ3) is 8.85. The van der Waals surface area contributed by atoms with Gasteiger partial charge in [0.05, 0.1) is 12.2 Å². The van der Waals surface area contributed by atoms with Gasteiger partial charge >= 0.3 is 0 Å². The summed E-state index contributed by atoms with van der Waals surface area (Å²) in [6.07, 6.45) is 8.78. The first-order chi connectivity index (χ1) is 22.3. The molecule has 1 aliphatic heterocycles. The number of fused-ring (bicyclic) bond motifs is 1. The Balaban J connectivity index is 1.54. The lowest BCUT2D eigenvalue weighted by molar-refractivity contribution is -0.145. The SMILES string of the molecule is CCCC(NC(=O)[C@@H]1[C@H]2CCC[C@H]2CN1C(=O)[C@@H](NC(=O)[C@@H](NC(=O)c1cnccn1)C(C)CC)C(C)(C)C)C(O)C(=O)NC1CC1. The molecule has 13 nitrogen and oxygen atoms in total. The summed E-state index contributed by atoms with van der Waals surface area (Å²) in [7, 11) is 0. The number of carbonyl (C=O) groups is 5. The van der Waals surface area contributed by atoms with Crippen LogP contribution in [-0.2, 0) is 19.2 Å². The van der Waals surface area contributed by atoms with Gasteiger partial charge in [0, 0.05) is 25.0 Å². The number of likely N-dealkylation sites (tertiary alicyclic amines) is 1. The van der Waals surface area contributed by atoms with Crippen LogP contribution in [0.25, 0.3) is 0 Å². The first-order valence-corrected chi connectivity index (χ1v) is 17.2. The smallest absolute Gasteiger partial charge is 0.272 e. The zero-order chi connectivity index (χ0) is 34.5. The molecule has 1 saturated heterocycles. The molecule has 3 unspecified atom stereocenters.